The summed E-state index contributed by atoms with van der Waals surface area (Å²) in [7, 11) is 0. The third kappa shape index (κ3) is 8.09. The fourth-order valence-corrected chi connectivity index (χ4v) is 3.89. The van der Waals surface area contributed by atoms with Gasteiger partial charge >= 0.3 is 12.1 Å². The summed E-state index contributed by atoms with van der Waals surface area (Å²) in [5, 5.41) is 46.1. The Kier molecular flexibility index (Phi) is 9.40. The molecule has 1 aliphatic carbocycles. The Morgan fingerprint density at radius 2 is 1.58 bits per heavy atom. The monoisotopic (exact) mass is 496 g/mol. The summed E-state index contributed by atoms with van der Waals surface area (Å²) in [5.74, 6) is -0.483. The number of benzene rings is 3. The third-order valence-corrected chi connectivity index (χ3v) is 5.65. The zero-order valence-electron chi connectivity index (χ0n) is 19.3. The van der Waals surface area contributed by atoms with Gasteiger partial charge in [-0.15, -0.1) is 0 Å². The topological polar surface area (TPSA) is 154 Å². The van der Waals surface area contributed by atoms with Crippen LogP contribution in [-0.2, 0) is 20.9 Å². The number of phenolic OH excluding ortho intramolecular Hbond substituents is 1. The first-order chi connectivity index (χ1) is 17.2. The number of aromatic hydroxyl groups is 1. The first-order valence-electron chi connectivity index (χ1n) is 11.3. The van der Waals surface area contributed by atoms with Crippen LogP contribution in [0.25, 0.3) is 16.8 Å². The number of carbonyl (C=O) groups is 2. The fraction of sp³-hybridized carbons (Fsp3) is 0.259. The first kappa shape index (κ1) is 26.7. The van der Waals surface area contributed by atoms with E-state index in [4.69, 9.17) is 24.5 Å². The van der Waals surface area contributed by atoms with Crippen molar-refractivity contribution in [1.29, 1.82) is 0 Å². The van der Waals surface area contributed by atoms with Crippen LogP contribution in [0.1, 0.15) is 24.0 Å². The minimum absolute atomic E-state index is 0.138. The molecule has 0 aromatic heterocycles. The zero-order valence-corrected chi connectivity index (χ0v) is 19.3. The molecule has 190 valence electrons. The molecule has 0 radical (unpaired) electrons. The lowest BCUT2D eigenvalue weighted by atomic mass is 9.89. The first-order valence-corrected chi connectivity index (χ1v) is 11.3. The van der Waals surface area contributed by atoms with Crippen LogP contribution in [0.4, 0.5) is 4.79 Å². The van der Waals surface area contributed by atoms with E-state index < -0.39 is 30.4 Å². The van der Waals surface area contributed by atoms with Gasteiger partial charge in [0.2, 0.25) is 0 Å². The van der Waals surface area contributed by atoms with Crippen LogP contribution in [-0.4, -0.2) is 62.1 Å². The van der Waals surface area contributed by atoms with E-state index in [1.165, 1.54) is 18.2 Å². The molecule has 0 saturated heterocycles. The van der Waals surface area contributed by atoms with Gasteiger partial charge in [-0.25, -0.2) is 9.59 Å². The number of rotatable bonds is 6. The van der Waals surface area contributed by atoms with Crippen molar-refractivity contribution in [3.8, 4) is 5.75 Å². The van der Waals surface area contributed by atoms with E-state index in [0.29, 0.717) is 13.0 Å². The van der Waals surface area contributed by atoms with Gasteiger partial charge in [-0.2, -0.15) is 0 Å². The van der Waals surface area contributed by atoms with Crippen molar-refractivity contribution in [2.45, 2.75) is 43.9 Å². The van der Waals surface area contributed by atoms with Gasteiger partial charge in [-0.3, -0.25) is 0 Å². The van der Waals surface area contributed by atoms with E-state index in [1.807, 2.05) is 36.4 Å². The normalized spacial score (nSPS) is 21.5. The molecule has 1 fully saturated rings. The molecule has 1 aliphatic rings. The molecule has 4 rings (SSSR count). The number of ether oxygens (including phenoxy) is 2. The average molecular weight is 497 g/mol. The number of esters is 1. The van der Waals surface area contributed by atoms with Crippen molar-refractivity contribution in [3.05, 3.63) is 83.9 Å². The number of hydrogen-bond acceptors (Lipinski definition) is 7. The summed E-state index contributed by atoms with van der Waals surface area (Å²) < 4.78 is 11.4. The lowest BCUT2D eigenvalue weighted by molar-refractivity contribution is -0.171. The quantitative estimate of drug-likeness (QED) is 0.253. The van der Waals surface area contributed by atoms with E-state index >= 15 is 0 Å². The SMILES string of the molecule is O=C(/C=C/c1ccc(O)cc1)O[C@@H]1C[C@@H](OCc2ccc3ccccc3c2)C[C@H](O)[C@H]1O.O=C(O)O. The number of hydrogen-bond donors (Lipinski definition) is 5. The highest BCUT2D eigenvalue weighted by molar-refractivity contribution is 5.87. The molecule has 0 unspecified atom stereocenters. The molecule has 9 heteroatoms. The molecule has 0 aliphatic heterocycles. The number of carboxylic acid groups (broad SMARTS) is 2. The van der Waals surface area contributed by atoms with Gasteiger partial charge in [-0.05, 0) is 46.2 Å². The average Bonchev–Trinajstić information content (AvgIpc) is 2.85. The Balaban J connectivity index is 0.000000840. The molecule has 3 aromatic carbocycles. The van der Waals surface area contributed by atoms with Gasteiger partial charge < -0.3 is 35.0 Å². The smallest absolute Gasteiger partial charge is 0.503 e. The van der Waals surface area contributed by atoms with E-state index in [-0.39, 0.29) is 18.3 Å². The van der Waals surface area contributed by atoms with Gasteiger partial charge in [0.15, 0.2) is 0 Å². The highest BCUT2D eigenvalue weighted by Gasteiger charge is 2.38. The summed E-state index contributed by atoms with van der Waals surface area (Å²) in [6.45, 7) is 0.361. The lowest BCUT2D eigenvalue weighted by Gasteiger charge is -2.36. The highest BCUT2D eigenvalue weighted by atomic mass is 16.6. The van der Waals surface area contributed by atoms with Crippen LogP contribution >= 0.6 is 0 Å². The van der Waals surface area contributed by atoms with Crippen LogP contribution in [0, 0.1) is 0 Å². The van der Waals surface area contributed by atoms with E-state index in [9.17, 15) is 20.1 Å². The Labute approximate surface area is 207 Å². The summed E-state index contributed by atoms with van der Waals surface area (Å²) in [6.07, 6.45) is -1.87. The van der Waals surface area contributed by atoms with Crippen LogP contribution < -0.4 is 0 Å². The molecular weight excluding hydrogens is 468 g/mol. The predicted molar refractivity (Wildman–Crippen MR) is 131 cm³/mol. The van der Waals surface area contributed by atoms with Gasteiger partial charge in [0.1, 0.15) is 18.0 Å². The molecule has 0 amide bonds. The Morgan fingerprint density at radius 3 is 2.28 bits per heavy atom. The molecule has 5 N–H and O–H groups in total. The third-order valence-electron chi connectivity index (χ3n) is 5.65. The van der Waals surface area contributed by atoms with Crippen molar-refractivity contribution < 1.29 is 44.6 Å². The second kappa shape index (κ2) is 12.7. The number of aliphatic hydroxyl groups excluding tert-OH is 2. The summed E-state index contributed by atoms with van der Waals surface area (Å²) >= 11 is 0. The summed E-state index contributed by atoms with van der Waals surface area (Å²) in [5.41, 5.74) is 1.73. The second-order valence-corrected chi connectivity index (χ2v) is 8.33. The molecule has 0 spiro atoms. The molecule has 0 bridgehead atoms. The number of fused-ring (bicyclic) bond motifs is 1. The standard InChI is InChI=1S/C26H26O6.CH2O3/c27-21-10-6-17(7-11-21)8-12-25(29)32-24-15-22(14-23(28)26(24)30)31-16-18-5-9-19-3-1-2-4-20(19)13-18;2-1(3)4/h1-13,22-24,26-28,30H,14-16H2;(H2,2,3,4)/b12-8+;/t22-,23-,24+,26+;/m0./s1. The summed E-state index contributed by atoms with van der Waals surface area (Å²) in [4.78, 5) is 20.8. The van der Waals surface area contributed by atoms with Gasteiger partial charge in [0, 0.05) is 18.9 Å². The minimum Gasteiger partial charge on any atom is -0.508 e. The molecule has 3 aromatic rings. The minimum atomic E-state index is -1.83. The van der Waals surface area contributed by atoms with Crippen molar-refractivity contribution in [1.82, 2.24) is 0 Å². The number of aliphatic hydroxyl groups is 2. The van der Waals surface area contributed by atoms with Crippen molar-refractivity contribution in [2.24, 2.45) is 0 Å². The Hall–Kier alpha value is -3.92. The van der Waals surface area contributed by atoms with Crippen molar-refractivity contribution >= 4 is 29.0 Å². The molecular formula is C27H28O9. The Morgan fingerprint density at radius 1 is 0.917 bits per heavy atom. The predicted octanol–water partition coefficient (Wildman–Crippen LogP) is 3.79. The maximum absolute atomic E-state index is 12.2. The molecule has 9 nitrogen and oxygen atoms in total. The van der Waals surface area contributed by atoms with Crippen molar-refractivity contribution in [3.63, 3.8) is 0 Å². The summed E-state index contributed by atoms with van der Waals surface area (Å²) in [6, 6.07) is 20.5. The van der Waals surface area contributed by atoms with Crippen LogP contribution in [0.15, 0.2) is 72.8 Å². The molecule has 4 atom stereocenters. The van der Waals surface area contributed by atoms with Gasteiger partial charge in [0.25, 0.3) is 0 Å². The van der Waals surface area contributed by atoms with E-state index in [2.05, 4.69) is 6.07 Å². The van der Waals surface area contributed by atoms with Crippen LogP contribution in [0.5, 0.6) is 5.75 Å². The molecule has 36 heavy (non-hydrogen) atoms. The van der Waals surface area contributed by atoms with E-state index in [0.717, 1.165) is 21.9 Å². The van der Waals surface area contributed by atoms with Crippen LogP contribution in [0.3, 0.4) is 0 Å². The van der Waals surface area contributed by atoms with Crippen molar-refractivity contribution in [2.75, 3.05) is 0 Å². The van der Waals surface area contributed by atoms with E-state index in [1.54, 1.807) is 18.2 Å². The largest absolute Gasteiger partial charge is 0.508 e. The number of carbonyl (C=O) groups excluding carboxylic acids is 1. The fourth-order valence-electron chi connectivity index (χ4n) is 3.89. The lowest BCUT2D eigenvalue weighted by Crippen LogP contribution is -2.48. The molecule has 1 saturated carbocycles. The van der Waals surface area contributed by atoms with Gasteiger partial charge in [-0.1, -0.05) is 48.5 Å². The molecule has 0 heterocycles. The maximum Gasteiger partial charge on any atom is 0.503 e. The number of phenols is 1. The maximum atomic E-state index is 12.2. The zero-order chi connectivity index (χ0) is 26.1. The highest BCUT2D eigenvalue weighted by Crippen LogP contribution is 2.26. The van der Waals surface area contributed by atoms with Crippen LogP contribution in [0.2, 0.25) is 0 Å². The van der Waals surface area contributed by atoms with Gasteiger partial charge in [0.05, 0.1) is 18.8 Å². The Bertz CT molecular complexity index is 1190. The second-order valence-electron chi connectivity index (χ2n) is 8.33.